The van der Waals surface area contributed by atoms with E-state index < -0.39 is 22.0 Å². The highest BCUT2D eigenvalue weighted by Crippen LogP contribution is 2.25. The SMILES string of the molecule is O=c1[nH]c(/C=C/c2cn(Cc3ccc4ccccc4c3)c3ccccc23)nc(O)c1[N+](=O)[O-]. The van der Waals surface area contributed by atoms with Crippen molar-refractivity contribution < 1.29 is 10.0 Å². The third-order valence-corrected chi connectivity index (χ3v) is 5.48. The molecule has 33 heavy (non-hydrogen) atoms. The van der Waals surface area contributed by atoms with Gasteiger partial charge in [0.15, 0.2) is 0 Å². The minimum Gasteiger partial charge on any atom is -0.488 e. The summed E-state index contributed by atoms with van der Waals surface area (Å²) in [4.78, 5) is 27.8. The van der Waals surface area contributed by atoms with Crippen molar-refractivity contribution in [3.05, 3.63) is 110 Å². The first-order chi connectivity index (χ1) is 16.0. The van der Waals surface area contributed by atoms with Gasteiger partial charge in [-0.2, -0.15) is 4.98 Å². The van der Waals surface area contributed by atoms with Gasteiger partial charge in [0.1, 0.15) is 5.82 Å². The summed E-state index contributed by atoms with van der Waals surface area (Å²) < 4.78 is 2.14. The van der Waals surface area contributed by atoms with Crippen molar-refractivity contribution in [2.24, 2.45) is 0 Å². The summed E-state index contributed by atoms with van der Waals surface area (Å²) in [6.45, 7) is 0.673. The highest BCUT2D eigenvalue weighted by Gasteiger charge is 2.21. The van der Waals surface area contributed by atoms with Gasteiger partial charge in [-0.1, -0.05) is 54.6 Å². The number of fused-ring (bicyclic) bond motifs is 2. The number of H-pyrrole nitrogens is 1. The van der Waals surface area contributed by atoms with Crippen LogP contribution in [0.25, 0.3) is 33.8 Å². The van der Waals surface area contributed by atoms with Crippen LogP contribution in [-0.4, -0.2) is 24.6 Å². The second kappa shape index (κ2) is 8.08. The molecule has 5 rings (SSSR count). The first kappa shape index (κ1) is 20.2. The average Bonchev–Trinajstić information content (AvgIpc) is 3.14. The normalized spacial score (nSPS) is 11.5. The molecule has 0 fully saturated rings. The molecule has 0 radical (unpaired) electrons. The van der Waals surface area contributed by atoms with E-state index in [1.807, 2.05) is 42.6 Å². The van der Waals surface area contributed by atoms with Crippen molar-refractivity contribution in [2.45, 2.75) is 6.54 Å². The lowest BCUT2D eigenvalue weighted by Gasteiger charge is -2.07. The highest BCUT2D eigenvalue weighted by atomic mass is 16.6. The quantitative estimate of drug-likeness (QED) is 0.305. The van der Waals surface area contributed by atoms with Gasteiger partial charge in [-0.15, -0.1) is 0 Å². The summed E-state index contributed by atoms with van der Waals surface area (Å²) in [6, 6.07) is 22.6. The van der Waals surface area contributed by atoms with Crippen molar-refractivity contribution in [1.29, 1.82) is 0 Å². The maximum atomic E-state index is 11.9. The Labute approximate surface area is 187 Å². The number of para-hydroxylation sites is 1. The molecule has 0 aliphatic heterocycles. The van der Waals surface area contributed by atoms with E-state index in [1.165, 1.54) is 16.8 Å². The molecule has 3 aromatic carbocycles. The van der Waals surface area contributed by atoms with Crippen LogP contribution >= 0.6 is 0 Å². The number of nitrogens with one attached hydrogen (secondary N) is 1. The van der Waals surface area contributed by atoms with Crippen LogP contribution in [0, 0.1) is 10.1 Å². The number of aromatic hydroxyl groups is 1. The molecule has 8 nitrogen and oxygen atoms in total. The zero-order valence-electron chi connectivity index (χ0n) is 17.3. The second-order valence-corrected chi connectivity index (χ2v) is 7.62. The molecule has 0 aliphatic carbocycles. The number of nitro groups is 1. The van der Waals surface area contributed by atoms with Gasteiger partial charge >= 0.3 is 11.2 Å². The van der Waals surface area contributed by atoms with Gasteiger partial charge in [-0.3, -0.25) is 14.9 Å². The number of benzene rings is 3. The molecule has 0 unspecified atom stereocenters. The fourth-order valence-electron chi connectivity index (χ4n) is 3.96. The molecule has 2 aromatic heterocycles. The first-order valence-corrected chi connectivity index (χ1v) is 10.2. The fourth-order valence-corrected chi connectivity index (χ4v) is 3.96. The zero-order chi connectivity index (χ0) is 22.9. The Bertz CT molecular complexity index is 1610. The van der Waals surface area contributed by atoms with E-state index in [9.17, 15) is 20.0 Å². The molecular formula is C25H18N4O4. The number of aromatic amines is 1. The van der Waals surface area contributed by atoms with Crippen LogP contribution in [0.4, 0.5) is 5.69 Å². The van der Waals surface area contributed by atoms with Crippen LogP contribution in [0.15, 0.2) is 77.7 Å². The lowest BCUT2D eigenvalue weighted by molar-refractivity contribution is -0.387. The molecule has 5 aromatic rings. The predicted octanol–water partition coefficient (Wildman–Crippen LogP) is 4.71. The van der Waals surface area contributed by atoms with Crippen molar-refractivity contribution in [3.63, 3.8) is 0 Å². The van der Waals surface area contributed by atoms with E-state index in [-0.39, 0.29) is 5.82 Å². The van der Waals surface area contributed by atoms with Crippen LogP contribution < -0.4 is 5.56 Å². The lowest BCUT2D eigenvalue weighted by atomic mass is 10.1. The van der Waals surface area contributed by atoms with Crippen LogP contribution in [-0.2, 0) is 6.54 Å². The zero-order valence-corrected chi connectivity index (χ0v) is 17.3. The van der Waals surface area contributed by atoms with Crippen molar-refractivity contribution in [2.75, 3.05) is 0 Å². The Morgan fingerprint density at radius 2 is 1.79 bits per heavy atom. The number of nitrogens with zero attached hydrogens (tertiary/aromatic N) is 3. The number of aromatic nitrogens is 3. The van der Waals surface area contributed by atoms with Gasteiger partial charge in [0.25, 0.3) is 5.88 Å². The molecule has 0 bridgehead atoms. The maximum absolute atomic E-state index is 11.9. The third kappa shape index (κ3) is 3.85. The van der Waals surface area contributed by atoms with Crippen LogP contribution in [0.2, 0.25) is 0 Å². The summed E-state index contributed by atoms with van der Waals surface area (Å²) >= 11 is 0. The predicted molar refractivity (Wildman–Crippen MR) is 127 cm³/mol. The molecular weight excluding hydrogens is 420 g/mol. The Hall–Kier alpha value is -4.72. The number of hydrogen-bond donors (Lipinski definition) is 2. The molecule has 0 saturated carbocycles. The molecule has 8 heteroatoms. The molecule has 0 saturated heterocycles. The Kier molecular flexibility index (Phi) is 4.95. The van der Waals surface area contributed by atoms with Gasteiger partial charge in [-0.25, -0.2) is 0 Å². The van der Waals surface area contributed by atoms with Crippen molar-refractivity contribution in [3.8, 4) is 5.88 Å². The number of rotatable bonds is 5. The summed E-state index contributed by atoms with van der Waals surface area (Å²) in [5, 5.41) is 24.0. The largest absolute Gasteiger partial charge is 0.488 e. The van der Waals surface area contributed by atoms with Crippen LogP contribution in [0.5, 0.6) is 5.88 Å². The van der Waals surface area contributed by atoms with E-state index in [0.717, 1.165) is 22.0 Å². The van der Waals surface area contributed by atoms with Crippen molar-refractivity contribution >= 4 is 39.5 Å². The van der Waals surface area contributed by atoms with E-state index in [4.69, 9.17) is 0 Å². The molecule has 162 valence electrons. The van der Waals surface area contributed by atoms with E-state index >= 15 is 0 Å². The van der Waals surface area contributed by atoms with Gasteiger partial charge < -0.3 is 14.7 Å². The van der Waals surface area contributed by atoms with Gasteiger partial charge in [-0.05, 0) is 40.6 Å². The Balaban J connectivity index is 1.51. The molecule has 0 amide bonds. The minimum atomic E-state index is -1.01. The van der Waals surface area contributed by atoms with E-state index in [2.05, 4.69) is 44.9 Å². The summed E-state index contributed by atoms with van der Waals surface area (Å²) in [5.41, 5.74) is 1.10. The second-order valence-electron chi connectivity index (χ2n) is 7.62. The van der Waals surface area contributed by atoms with Gasteiger partial charge in [0.2, 0.25) is 0 Å². The monoisotopic (exact) mass is 438 g/mol. The minimum absolute atomic E-state index is 0.0226. The molecule has 0 spiro atoms. The highest BCUT2D eigenvalue weighted by molar-refractivity contribution is 5.92. The standard InChI is InChI=1S/C25H18N4O4/c30-24-23(29(32)33)25(31)27-22(26-24)12-11-19-15-28(21-8-4-3-7-20(19)21)14-16-9-10-17-5-1-2-6-18(17)13-16/h1-13,15H,14H2,(H2,26,27,30,31)/b12-11+. The fraction of sp³-hybridized carbons (Fsp3) is 0.0400. The molecule has 0 aliphatic rings. The Morgan fingerprint density at radius 3 is 2.58 bits per heavy atom. The van der Waals surface area contributed by atoms with E-state index in [0.29, 0.717) is 6.54 Å². The average molecular weight is 438 g/mol. The topological polar surface area (TPSA) is 114 Å². The molecule has 2 N–H and O–H groups in total. The summed E-state index contributed by atoms with van der Waals surface area (Å²) in [6.07, 6.45) is 5.26. The lowest BCUT2D eigenvalue weighted by Crippen LogP contribution is -2.14. The third-order valence-electron chi connectivity index (χ3n) is 5.48. The van der Waals surface area contributed by atoms with Gasteiger partial charge in [0, 0.05) is 29.2 Å². The van der Waals surface area contributed by atoms with E-state index in [1.54, 1.807) is 6.08 Å². The smallest absolute Gasteiger partial charge is 0.395 e. The molecule has 2 heterocycles. The number of hydrogen-bond acceptors (Lipinski definition) is 5. The van der Waals surface area contributed by atoms with Crippen LogP contribution in [0.3, 0.4) is 0 Å². The van der Waals surface area contributed by atoms with Crippen LogP contribution in [0.1, 0.15) is 17.0 Å². The summed E-state index contributed by atoms with van der Waals surface area (Å²) in [5.74, 6) is -0.892. The first-order valence-electron chi connectivity index (χ1n) is 10.2. The Morgan fingerprint density at radius 1 is 1.03 bits per heavy atom. The maximum Gasteiger partial charge on any atom is 0.395 e. The molecule has 0 atom stereocenters. The van der Waals surface area contributed by atoms with Gasteiger partial charge in [0.05, 0.1) is 4.92 Å². The van der Waals surface area contributed by atoms with Crippen molar-refractivity contribution in [1.82, 2.24) is 14.5 Å². The summed E-state index contributed by atoms with van der Waals surface area (Å²) in [7, 11) is 0.